The molecule has 0 saturated heterocycles. The van der Waals surface area contributed by atoms with Crippen LogP contribution in [0.5, 0.6) is 0 Å². The van der Waals surface area contributed by atoms with Crippen LogP contribution in [0.3, 0.4) is 0 Å². The van der Waals surface area contributed by atoms with E-state index in [0.717, 1.165) is 8.60 Å². The Bertz CT molecular complexity index is 259. The van der Waals surface area contributed by atoms with E-state index in [1.807, 2.05) is 6.92 Å². The minimum absolute atomic E-state index is 0.171. The Morgan fingerprint density at radius 2 is 2.50 bits per heavy atom. The molecule has 1 atom stereocenters. The van der Waals surface area contributed by atoms with Crippen LogP contribution in [0.2, 0.25) is 0 Å². The molecular weight excluding hydrogens is 287 g/mol. The van der Waals surface area contributed by atoms with Gasteiger partial charge in [0, 0.05) is 11.4 Å². The summed E-state index contributed by atoms with van der Waals surface area (Å²) >= 11 is 3.74. The average molecular weight is 296 g/mol. The number of hydrogen-bond donors (Lipinski definition) is 1. The predicted molar refractivity (Wildman–Crippen MR) is 57.2 cm³/mol. The third kappa shape index (κ3) is 2.87. The zero-order valence-electron chi connectivity index (χ0n) is 6.57. The molecule has 0 fully saturated rings. The van der Waals surface area contributed by atoms with Crippen LogP contribution >= 0.6 is 34.4 Å². The van der Waals surface area contributed by atoms with Crippen molar-refractivity contribution >= 4 is 34.4 Å². The molecule has 1 N–H and O–H groups in total. The molecule has 0 bridgehead atoms. The van der Waals surface area contributed by atoms with Crippen molar-refractivity contribution in [2.75, 3.05) is 6.61 Å². The number of halogens is 1. The lowest BCUT2D eigenvalue weighted by Gasteiger charge is -2.06. The number of nitrogens with zero attached hydrogens (tertiary/aromatic N) is 2. The fourth-order valence-electron chi connectivity index (χ4n) is 0.616. The van der Waals surface area contributed by atoms with Gasteiger partial charge in [-0.05, 0) is 22.6 Å². The largest absolute Gasteiger partial charge is 0.395 e. The summed E-state index contributed by atoms with van der Waals surface area (Å²) in [6, 6.07) is 0. The summed E-state index contributed by atoms with van der Waals surface area (Å²) in [6.07, 6.45) is 3.29. The molecular formula is C7H9IN2OS. The lowest BCUT2D eigenvalue weighted by atomic mass is 10.5. The Kier molecular flexibility index (Phi) is 4.24. The average Bonchev–Trinajstić information content (AvgIpc) is 2.09. The summed E-state index contributed by atoms with van der Waals surface area (Å²) in [7, 11) is 0. The first kappa shape index (κ1) is 10.2. The highest BCUT2D eigenvalue weighted by molar-refractivity contribution is 14.1. The van der Waals surface area contributed by atoms with Gasteiger partial charge in [-0.2, -0.15) is 0 Å². The lowest BCUT2D eigenvalue weighted by molar-refractivity contribution is 0.300. The number of aliphatic hydroxyl groups excluding tert-OH is 1. The highest BCUT2D eigenvalue weighted by atomic mass is 127. The number of aliphatic hydroxyl groups is 1. The molecule has 0 aromatic carbocycles. The number of thioether (sulfide) groups is 1. The van der Waals surface area contributed by atoms with Crippen LogP contribution < -0.4 is 0 Å². The zero-order valence-corrected chi connectivity index (χ0v) is 9.54. The van der Waals surface area contributed by atoms with Crippen LogP contribution in [-0.2, 0) is 0 Å². The van der Waals surface area contributed by atoms with Crippen molar-refractivity contribution in [3.63, 3.8) is 0 Å². The molecule has 66 valence electrons. The maximum Gasteiger partial charge on any atom is 0.116 e. The number of rotatable bonds is 3. The molecule has 1 unspecified atom stereocenters. The molecule has 1 aromatic rings. The first-order valence-electron chi connectivity index (χ1n) is 3.47. The van der Waals surface area contributed by atoms with E-state index in [2.05, 4.69) is 32.6 Å². The van der Waals surface area contributed by atoms with Crippen molar-refractivity contribution in [3.8, 4) is 0 Å². The summed E-state index contributed by atoms with van der Waals surface area (Å²) in [5.41, 5.74) is 0. The summed E-state index contributed by atoms with van der Waals surface area (Å²) in [5, 5.41) is 9.95. The van der Waals surface area contributed by atoms with Crippen LogP contribution in [0.4, 0.5) is 0 Å². The quantitative estimate of drug-likeness (QED) is 0.522. The second-order valence-electron chi connectivity index (χ2n) is 2.29. The van der Waals surface area contributed by atoms with E-state index < -0.39 is 0 Å². The number of hydrogen-bond acceptors (Lipinski definition) is 4. The lowest BCUT2D eigenvalue weighted by Crippen LogP contribution is -2.03. The molecule has 0 amide bonds. The van der Waals surface area contributed by atoms with E-state index in [0.29, 0.717) is 0 Å². The molecule has 12 heavy (non-hydrogen) atoms. The first-order chi connectivity index (χ1) is 5.74. The molecule has 1 rings (SSSR count). The molecule has 5 heteroatoms. The fraction of sp³-hybridized carbons (Fsp3) is 0.429. The fourth-order valence-corrected chi connectivity index (χ4v) is 2.03. The van der Waals surface area contributed by atoms with E-state index >= 15 is 0 Å². The monoisotopic (exact) mass is 296 g/mol. The van der Waals surface area contributed by atoms with Crippen molar-refractivity contribution in [2.45, 2.75) is 17.2 Å². The third-order valence-electron chi connectivity index (χ3n) is 1.20. The van der Waals surface area contributed by atoms with Gasteiger partial charge in [-0.15, -0.1) is 0 Å². The van der Waals surface area contributed by atoms with E-state index in [1.165, 1.54) is 6.33 Å². The zero-order chi connectivity index (χ0) is 8.97. The Morgan fingerprint density at radius 3 is 3.08 bits per heavy atom. The Hall–Kier alpha value is 0.120. The van der Waals surface area contributed by atoms with Crippen LogP contribution in [0, 0.1) is 3.57 Å². The smallest absolute Gasteiger partial charge is 0.116 e. The van der Waals surface area contributed by atoms with Crippen molar-refractivity contribution in [1.29, 1.82) is 0 Å². The van der Waals surface area contributed by atoms with Crippen LogP contribution in [0.1, 0.15) is 6.92 Å². The van der Waals surface area contributed by atoms with Gasteiger partial charge in [-0.25, -0.2) is 9.97 Å². The van der Waals surface area contributed by atoms with E-state index in [4.69, 9.17) is 5.11 Å². The summed E-state index contributed by atoms with van der Waals surface area (Å²) in [5.74, 6) is 0. The van der Waals surface area contributed by atoms with Gasteiger partial charge in [0.2, 0.25) is 0 Å². The highest BCUT2D eigenvalue weighted by Crippen LogP contribution is 2.24. The van der Waals surface area contributed by atoms with Gasteiger partial charge in [-0.3, -0.25) is 0 Å². The first-order valence-corrected chi connectivity index (χ1v) is 5.43. The van der Waals surface area contributed by atoms with Gasteiger partial charge in [0.1, 0.15) is 11.4 Å². The second-order valence-corrected chi connectivity index (χ2v) is 4.88. The minimum Gasteiger partial charge on any atom is -0.395 e. The molecule has 0 saturated carbocycles. The van der Waals surface area contributed by atoms with Gasteiger partial charge in [0.15, 0.2) is 0 Å². The Labute approximate surface area is 89.1 Å². The normalized spacial score (nSPS) is 12.9. The van der Waals surface area contributed by atoms with Gasteiger partial charge < -0.3 is 5.11 Å². The van der Waals surface area contributed by atoms with E-state index in [9.17, 15) is 0 Å². The molecule has 0 radical (unpaired) electrons. The van der Waals surface area contributed by atoms with Crippen molar-refractivity contribution < 1.29 is 5.11 Å². The van der Waals surface area contributed by atoms with Gasteiger partial charge in [0.25, 0.3) is 0 Å². The highest BCUT2D eigenvalue weighted by Gasteiger charge is 2.06. The molecule has 3 nitrogen and oxygen atoms in total. The standard InChI is InChI=1S/C7H9IN2OS/c1-5(3-11)12-7-6(8)2-9-4-10-7/h2,4-5,11H,3H2,1H3. The molecule has 0 spiro atoms. The summed E-state index contributed by atoms with van der Waals surface area (Å²) in [6.45, 7) is 2.13. The van der Waals surface area contributed by atoms with Crippen molar-refractivity contribution in [2.24, 2.45) is 0 Å². The summed E-state index contributed by atoms with van der Waals surface area (Å²) < 4.78 is 1.03. The molecule has 1 aromatic heterocycles. The maximum atomic E-state index is 8.82. The van der Waals surface area contributed by atoms with Gasteiger partial charge in [0.05, 0.1) is 10.2 Å². The Morgan fingerprint density at radius 1 is 1.75 bits per heavy atom. The van der Waals surface area contributed by atoms with Crippen LogP contribution in [0.25, 0.3) is 0 Å². The van der Waals surface area contributed by atoms with E-state index in [1.54, 1.807) is 18.0 Å². The van der Waals surface area contributed by atoms with Crippen molar-refractivity contribution in [3.05, 3.63) is 16.1 Å². The molecule has 1 heterocycles. The topological polar surface area (TPSA) is 46.0 Å². The van der Waals surface area contributed by atoms with E-state index in [-0.39, 0.29) is 11.9 Å². The third-order valence-corrected chi connectivity index (χ3v) is 3.46. The molecule has 0 aliphatic heterocycles. The predicted octanol–water partition coefficient (Wildman–Crippen LogP) is 1.55. The number of aromatic nitrogens is 2. The second kappa shape index (κ2) is 4.98. The maximum absolute atomic E-state index is 8.82. The van der Waals surface area contributed by atoms with Crippen molar-refractivity contribution in [1.82, 2.24) is 9.97 Å². The molecule has 0 aliphatic carbocycles. The molecule has 0 aliphatic rings. The summed E-state index contributed by atoms with van der Waals surface area (Å²) in [4.78, 5) is 7.98. The van der Waals surface area contributed by atoms with Crippen LogP contribution in [0.15, 0.2) is 17.6 Å². The van der Waals surface area contributed by atoms with Crippen LogP contribution in [-0.4, -0.2) is 26.9 Å². The minimum atomic E-state index is 0.171. The Balaban J connectivity index is 2.69. The van der Waals surface area contributed by atoms with Gasteiger partial charge >= 0.3 is 0 Å². The SMILES string of the molecule is CC(CO)Sc1ncncc1I. The van der Waals surface area contributed by atoms with Gasteiger partial charge in [-0.1, -0.05) is 18.7 Å².